The lowest BCUT2D eigenvalue weighted by atomic mass is 10.1. The van der Waals surface area contributed by atoms with Crippen LogP contribution in [0.3, 0.4) is 0 Å². The third-order valence-corrected chi connectivity index (χ3v) is 11.5. The zero-order valence-electron chi connectivity index (χ0n) is 46.6. The number of unbranched alkanes of at least 4 members (excludes halogenated alkanes) is 13. The molecule has 0 fully saturated rings. The van der Waals surface area contributed by atoms with Crippen LogP contribution in [0.1, 0.15) is 226 Å². The molecule has 1 atom stereocenters. The first-order valence-corrected chi connectivity index (χ1v) is 29.0. The van der Waals surface area contributed by atoms with Crippen molar-refractivity contribution in [3.8, 4) is 0 Å². The van der Waals surface area contributed by atoms with Gasteiger partial charge in [0, 0.05) is 19.3 Å². The molecule has 6 heteroatoms. The summed E-state index contributed by atoms with van der Waals surface area (Å²) in [6.45, 7) is 6.27. The van der Waals surface area contributed by atoms with Gasteiger partial charge in [-0.3, -0.25) is 14.4 Å². The van der Waals surface area contributed by atoms with E-state index in [-0.39, 0.29) is 31.1 Å². The van der Waals surface area contributed by atoms with Crippen LogP contribution in [0.4, 0.5) is 0 Å². The minimum atomic E-state index is -0.803. The Kier molecular flexibility index (Phi) is 55.5. The fraction of sp³-hybridized carbons (Fsp3) is 0.567. The normalized spacial score (nSPS) is 13.3. The number of allylic oxidation sites excluding steroid dienone is 26. The zero-order valence-corrected chi connectivity index (χ0v) is 46.6. The number of rotatable bonds is 50. The van der Waals surface area contributed by atoms with Gasteiger partial charge in [-0.1, -0.05) is 237 Å². The largest absolute Gasteiger partial charge is 0.462 e. The molecule has 0 radical (unpaired) electrons. The van der Waals surface area contributed by atoms with Crippen molar-refractivity contribution in [3.05, 3.63) is 158 Å². The summed E-state index contributed by atoms with van der Waals surface area (Å²) in [7, 11) is 0. The molecule has 0 aliphatic rings. The molecule has 0 bridgehead atoms. The van der Waals surface area contributed by atoms with Gasteiger partial charge in [0.05, 0.1) is 0 Å². The highest BCUT2D eigenvalue weighted by molar-refractivity contribution is 5.71. The molecule has 73 heavy (non-hydrogen) atoms. The van der Waals surface area contributed by atoms with Crippen molar-refractivity contribution in [2.75, 3.05) is 13.2 Å². The number of hydrogen-bond donors (Lipinski definition) is 0. The predicted octanol–water partition coefficient (Wildman–Crippen LogP) is 19.8. The van der Waals surface area contributed by atoms with Crippen LogP contribution in [0.5, 0.6) is 0 Å². The predicted molar refractivity (Wildman–Crippen MR) is 315 cm³/mol. The molecule has 1 unspecified atom stereocenters. The first-order chi connectivity index (χ1) is 36.0. The third-order valence-electron chi connectivity index (χ3n) is 11.5. The molecule has 0 heterocycles. The molecule has 0 aliphatic heterocycles. The molecule has 0 aromatic heterocycles. The SMILES string of the molecule is CC/C=C\C/C=C\C/C=C\C/C=C\C/C=C\C/C=C\C/C=C\C/C=C\C/C=C\CCCCCC(=O)OCC(COC(=O)CCCCCCC)OC(=O)CCCCCCCC/C=C\C/C=C\C/C=C\C/C=C\CC. The number of ether oxygens (including phenoxy) is 3. The van der Waals surface area contributed by atoms with Crippen LogP contribution in [-0.4, -0.2) is 37.2 Å². The van der Waals surface area contributed by atoms with Crippen LogP contribution in [0.15, 0.2) is 158 Å². The second-order valence-electron chi connectivity index (χ2n) is 18.4. The van der Waals surface area contributed by atoms with Gasteiger partial charge in [0.1, 0.15) is 13.2 Å². The molecule has 0 amide bonds. The van der Waals surface area contributed by atoms with Gasteiger partial charge in [-0.25, -0.2) is 0 Å². The van der Waals surface area contributed by atoms with Crippen molar-refractivity contribution >= 4 is 17.9 Å². The summed E-state index contributed by atoms with van der Waals surface area (Å²) in [5, 5.41) is 0. The van der Waals surface area contributed by atoms with Gasteiger partial charge in [-0.05, 0) is 128 Å². The molecule has 0 aromatic carbocycles. The van der Waals surface area contributed by atoms with E-state index in [9.17, 15) is 14.4 Å². The van der Waals surface area contributed by atoms with Crippen molar-refractivity contribution in [2.45, 2.75) is 232 Å². The van der Waals surface area contributed by atoms with Gasteiger partial charge in [0.2, 0.25) is 0 Å². The first kappa shape index (κ1) is 68.0. The molecule has 0 saturated heterocycles. The minimum Gasteiger partial charge on any atom is -0.462 e. The maximum absolute atomic E-state index is 12.8. The van der Waals surface area contributed by atoms with Crippen molar-refractivity contribution in [2.24, 2.45) is 0 Å². The monoisotopic (exact) mass is 1000 g/mol. The molecule has 0 spiro atoms. The van der Waals surface area contributed by atoms with Gasteiger partial charge in [-0.15, -0.1) is 0 Å². The quantitative estimate of drug-likeness (QED) is 0.0261. The summed E-state index contributed by atoms with van der Waals surface area (Å²) in [5.41, 5.74) is 0. The van der Waals surface area contributed by atoms with Gasteiger partial charge >= 0.3 is 17.9 Å². The van der Waals surface area contributed by atoms with Crippen molar-refractivity contribution in [3.63, 3.8) is 0 Å². The maximum atomic E-state index is 12.8. The van der Waals surface area contributed by atoms with E-state index in [1.54, 1.807) is 0 Å². The summed E-state index contributed by atoms with van der Waals surface area (Å²) in [4.78, 5) is 37.8. The fourth-order valence-electron chi connectivity index (χ4n) is 7.25. The lowest BCUT2D eigenvalue weighted by Crippen LogP contribution is -2.30. The second kappa shape index (κ2) is 59.6. The molecule has 408 valence electrons. The lowest BCUT2D eigenvalue weighted by molar-refractivity contribution is -0.167. The summed E-state index contributed by atoms with van der Waals surface area (Å²) in [5.74, 6) is -0.974. The smallest absolute Gasteiger partial charge is 0.306 e. The third kappa shape index (κ3) is 57.8. The first-order valence-electron chi connectivity index (χ1n) is 29.0. The van der Waals surface area contributed by atoms with E-state index in [0.29, 0.717) is 19.3 Å². The molecule has 6 nitrogen and oxygen atoms in total. The number of hydrogen-bond acceptors (Lipinski definition) is 6. The highest BCUT2D eigenvalue weighted by Crippen LogP contribution is 2.13. The van der Waals surface area contributed by atoms with Crippen LogP contribution in [0.2, 0.25) is 0 Å². The van der Waals surface area contributed by atoms with Crippen molar-refractivity contribution in [1.29, 1.82) is 0 Å². The average Bonchev–Trinajstić information content (AvgIpc) is 3.39. The summed E-state index contributed by atoms with van der Waals surface area (Å²) < 4.78 is 16.7. The van der Waals surface area contributed by atoms with E-state index in [1.807, 2.05) is 0 Å². The topological polar surface area (TPSA) is 78.9 Å². The zero-order chi connectivity index (χ0) is 52.9. The van der Waals surface area contributed by atoms with Crippen molar-refractivity contribution in [1.82, 2.24) is 0 Å². The lowest BCUT2D eigenvalue weighted by Gasteiger charge is -2.18. The van der Waals surface area contributed by atoms with Crippen molar-refractivity contribution < 1.29 is 28.6 Å². The number of carbonyl (C=O) groups is 3. The highest BCUT2D eigenvalue weighted by Gasteiger charge is 2.19. The minimum absolute atomic E-state index is 0.102. The van der Waals surface area contributed by atoms with E-state index in [1.165, 1.54) is 12.8 Å². The van der Waals surface area contributed by atoms with Crippen LogP contribution in [0.25, 0.3) is 0 Å². The second-order valence-corrected chi connectivity index (χ2v) is 18.4. The van der Waals surface area contributed by atoms with Gasteiger partial charge in [0.25, 0.3) is 0 Å². The summed E-state index contributed by atoms with van der Waals surface area (Å²) in [6.07, 6.45) is 87.1. The van der Waals surface area contributed by atoms with Gasteiger partial charge in [-0.2, -0.15) is 0 Å². The standard InChI is InChI=1S/C67H104O6/c1-4-7-10-13-15-17-19-21-23-25-27-28-29-30-31-32-33-34-35-36-37-38-40-41-43-45-47-49-51-54-57-60-66(69)72-63-64(62-71-65(68)59-56-53-12-9-6-3)73-67(70)61-58-55-52-50-48-46-44-42-39-26-24-22-20-18-16-14-11-8-5-2/h7-8,10-11,15-18,21-24,27-28,30-31,33-34,36-37,39-42,45,47,64H,4-6,9,12-14,19-20,25-26,29,32,35,38,43-44,46,48-63H2,1-3H3/b10-7-,11-8-,17-15-,18-16-,23-21-,24-22-,28-27-,31-30-,34-33-,37-36-,41-40-,42-39-,47-45-. The van der Waals surface area contributed by atoms with Crippen LogP contribution >= 0.6 is 0 Å². The molecular weight excluding hydrogens is 901 g/mol. The maximum Gasteiger partial charge on any atom is 0.306 e. The molecule has 0 aromatic rings. The van der Waals surface area contributed by atoms with E-state index >= 15 is 0 Å². The molecular formula is C67H104O6. The van der Waals surface area contributed by atoms with Crippen LogP contribution in [0, 0.1) is 0 Å². The number of esters is 3. The van der Waals surface area contributed by atoms with E-state index in [0.717, 1.165) is 173 Å². The molecule has 0 N–H and O–H groups in total. The van der Waals surface area contributed by atoms with Crippen LogP contribution in [-0.2, 0) is 28.6 Å². The Bertz CT molecular complexity index is 1670. The Balaban J connectivity index is 4.23. The van der Waals surface area contributed by atoms with E-state index in [4.69, 9.17) is 14.2 Å². The van der Waals surface area contributed by atoms with Gasteiger partial charge in [0.15, 0.2) is 6.10 Å². The van der Waals surface area contributed by atoms with Gasteiger partial charge < -0.3 is 14.2 Å². The molecule has 0 aliphatic carbocycles. The average molecular weight is 1010 g/mol. The van der Waals surface area contributed by atoms with E-state index in [2.05, 4.69) is 179 Å². The summed E-state index contributed by atoms with van der Waals surface area (Å²) >= 11 is 0. The summed E-state index contributed by atoms with van der Waals surface area (Å²) in [6, 6.07) is 0. The Morgan fingerprint density at radius 2 is 0.534 bits per heavy atom. The fourth-order valence-corrected chi connectivity index (χ4v) is 7.25. The Morgan fingerprint density at radius 1 is 0.288 bits per heavy atom. The Morgan fingerprint density at radius 3 is 0.849 bits per heavy atom. The number of carbonyl (C=O) groups excluding carboxylic acids is 3. The highest BCUT2D eigenvalue weighted by atomic mass is 16.6. The Labute approximate surface area is 448 Å². The molecule has 0 saturated carbocycles. The Hall–Kier alpha value is -4.97. The van der Waals surface area contributed by atoms with E-state index < -0.39 is 6.10 Å². The molecule has 0 rings (SSSR count). The van der Waals surface area contributed by atoms with Crippen LogP contribution < -0.4 is 0 Å².